The predicted molar refractivity (Wildman–Crippen MR) is 112 cm³/mol. The molecule has 30 heavy (non-hydrogen) atoms. The van der Waals surface area contributed by atoms with Gasteiger partial charge in [-0.2, -0.15) is 0 Å². The Bertz CT molecular complexity index is 1150. The lowest BCUT2D eigenvalue weighted by Gasteiger charge is -2.32. The van der Waals surface area contributed by atoms with E-state index in [1.165, 1.54) is 44.4 Å². The minimum Gasteiger partial charge on any atom is -0.495 e. The van der Waals surface area contributed by atoms with Gasteiger partial charge in [0.25, 0.3) is 10.0 Å². The number of nitrogens with zero attached hydrogens (tertiary/aromatic N) is 1. The molecule has 2 aromatic rings. The molecule has 0 unspecified atom stereocenters. The highest BCUT2D eigenvalue weighted by atomic mass is 32.2. The minimum atomic E-state index is -4.39. The largest absolute Gasteiger partial charge is 0.495 e. The summed E-state index contributed by atoms with van der Waals surface area (Å²) in [6.45, 7) is 1.29. The molecule has 1 saturated heterocycles. The van der Waals surface area contributed by atoms with E-state index in [4.69, 9.17) is 4.74 Å². The summed E-state index contributed by atoms with van der Waals surface area (Å²) in [6.07, 6.45) is -1.39. The fourth-order valence-corrected chi connectivity index (χ4v) is 7.11. The fraction of sp³-hybridized carbons (Fsp3) is 0.316. The average Bonchev–Trinajstić information content (AvgIpc) is 2.94. The Morgan fingerprint density at radius 2 is 1.83 bits per heavy atom. The van der Waals surface area contributed by atoms with E-state index < -0.39 is 43.5 Å². The second-order valence-corrected chi connectivity index (χ2v) is 10.8. The number of methoxy groups -OCH3 is 1. The number of ether oxygens (including phenoxy) is 1. The Labute approximate surface area is 175 Å². The van der Waals surface area contributed by atoms with Crippen LogP contribution in [0, 0.1) is 0 Å². The van der Waals surface area contributed by atoms with Crippen LogP contribution in [0.1, 0.15) is 6.92 Å². The number of amides is 1. The van der Waals surface area contributed by atoms with Gasteiger partial charge in [-0.15, -0.1) is 0 Å². The normalized spacial score (nSPS) is 20.5. The summed E-state index contributed by atoms with van der Waals surface area (Å²) in [5.74, 6) is -1.42. The van der Waals surface area contributed by atoms with Crippen LogP contribution in [0.5, 0.6) is 5.75 Å². The fourth-order valence-electron chi connectivity index (χ4n) is 3.38. The Kier molecular flexibility index (Phi) is 6.06. The lowest BCUT2D eigenvalue weighted by Crippen LogP contribution is -2.47. The van der Waals surface area contributed by atoms with Crippen molar-refractivity contribution in [1.29, 1.82) is 0 Å². The topological polar surface area (TPSA) is 130 Å². The molecular weight excluding hydrogens is 432 g/mol. The quantitative estimate of drug-likeness (QED) is 0.666. The lowest BCUT2D eigenvalue weighted by molar-refractivity contribution is -0.114. The second-order valence-electron chi connectivity index (χ2n) is 6.89. The lowest BCUT2D eigenvalue weighted by atomic mass is 10.2. The third kappa shape index (κ3) is 4.42. The Morgan fingerprint density at radius 3 is 2.37 bits per heavy atom. The number of sulfonamides is 1. The predicted octanol–water partition coefficient (Wildman–Crippen LogP) is 1.01. The van der Waals surface area contributed by atoms with Crippen molar-refractivity contribution in [3.63, 3.8) is 0 Å². The van der Waals surface area contributed by atoms with Gasteiger partial charge in [0.15, 0.2) is 9.84 Å². The Hall–Kier alpha value is -2.63. The number of anilines is 2. The number of aliphatic hydroxyl groups excluding tert-OH is 1. The summed E-state index contributed by atoms with van der Waals surface area (Å²) in [5.41, 5.74) is 0.431. The van der Waals surface area contributed by atoms with E-state index in [0.717, 1.165) is 4.31 Å². The van der Waals surface area contributed by atoms with Crippen LogP contribution >= 0.6 is 0 Å². The van der Waals surface area contributed by atoms with Gasteiger partial charge in [-0.25, -0.2) is 16.8 Å². The van der Waals surface area contributed by atoms with Crippen LogP contribution < -0.4 is 14.4 Å². The first-order valence-electron chi connectivity index (χ1n) is 8.99. The van der Waals surface area contributed by atoms with Crippen molar-refractivity contribution in [2.24, 2.45) is 0 Å². The van der Waals surface area contributed by atoms with Crippen LogP contribution in [0.2, 0.25) is 0 Å². The summed E-state index contributed by atoms with van der Waals surface area (Å²) >= 11 is 0. The van der Waals surface area contributed by atoms with Crippen molar-refractivity contribution >= 4 is 37.1 Å². The van der Waals surface area contributed by atoms with E-state index >= 15 is 0 Å². The van der Waals surface area contributed by atoms with Gasteiger partial charge < -0.3 is 15.2 Å². The molecule has 0 aromatic heterocycles. The molecule has 0 bridgehead atoms. The summed E-state index contributed by atoms with van der Waals surface area (Å²) in [7, 11) is -6.71. The average molecular weight is 455 g/mol. The zero-order valence-corrected chi connectivity index (χ0v) is 18.0. The van der Waals surface area contributed by atoms with Crippen molar-refractivity contribution in [3.05, 3.63) is 48.5 Å². The van der Waals surface area contributed by atoms with Crippen LogP contribution in [-0.4, -0.2) is 58.6 Å². The monoisotopic (exact) mass is 454 g/mol. The van der Waals surface area contributed by atoms with Gasteiger partial charge in [-0.1, -0.05) is 18.2 Å². The first kappa shape index (κ1) is 22.1. The molecule has 0 saturated carbocycles. The molecule has 11 heteroatoms. The highest BCUT2D eigenvalue weighted by molar-refractivity contribution is 7.93. The van der Waals surface area contributed by atoms with Gasteiger partial charge in [0.1, 0.15) is 10.6 Å². The van der Waals surface area contributed by atoms with E-state index in [1.54, 1.807) is 18.2 Å². The van der Waals surface area contributed by atoms with Crippen molar-refractivity contribution < 1.29 is 31.5 Å². The summed E-state index contributed by atoms with van der Waals surface area (Å²) in [4.78, 5) is 11.1. The molecule has 2 N–H and O–H groups in total. The number of rotatable bonds is 6. The van der Waals surface area contributed by atoms with Crippen LogP contribution in [0.4, 0.5) is 11.4 Å². The number of para-hydroxylation sites is 1. The maximum atomic E-state index is 13.7. The van der Waals surface area contributed by atoms with Crippen LogP contribution in [-0.2, 0) is 24.7 Å². The van der Waals surface area contributed by atoms with E-state index in [0.29, 0.717) is 0 Å². The zero-order chi connectivity index (χ0) is 22.1. The molecule has 1 aliphatic heterocycles. The van der Waals surface area contributed by atoms with E-state index in [-0.39, 0.29) is 27.9 Å². The van der Waals surface area contributed by atoms with E-state index in [9.17, 15) is 26.7 Å². The molecule has 1 aliphatic rings. The molecule has 3 rings (SSSR count). The highest BCUT2D eigenvalue weighted by Crippen LogP contribution is 2.35. The highest BCUT2D eigenvalue weighted by Gasteiger charge is 2.45. The van der Waals surface area contributed by atoms with Gasteiger partial charge in [0, 0.05) is 12.6 Å². The maximum absolute atomic E-state index is 13.7. The molecular formula is C19H22N2O7S2. The standard InChI is InChI=1S/C19H22N2O7S2/c1-13(22)20-14-8-9-18(28-2)19(10-14)30(26,27)21(15-6-4-3-5-7-15)16-11-29(24,25)12-17(16)23/h3-10,16-17,23H,11-12H2,1-2H3,(H,20,22)/t16-,17-/m1/s1. The van der Waals surface area contributed by atoms with Crippen molar-refractivity contribution in [2.75, 3.05) is 28.2 Å². The Balaban J connectivity index is 2.19. The smallest absolute Gasteiger partial charge is 0.268 e. The van der Waals surface area contributed by atoms with Gasteiger partial charge in [-0.3, -0.25) is 9.10 Å². The SMILES string of the molecule is COc1ccc(NC(C)=O)cc1S(=O)(=O)N(c1ccccc1)[C@@H]1CS(=O)(=O)C[C@H]1O. The molecule has 2 aromatic carbocycles. The Morgan fingerprint density at radius 1 is 1.17 bits per heavy atom. The molecule has 1 heterocycles. The maximum Gasteiger partial charge on any atom is 0.268 e. The first-order valence-corrected chi connectivity index (χ1v) is 12.2. The number of hydrogen-bond acceptors (Lipinski definition) is 7. The molecule has 0 radical (unpaired) electrons. The van der Waals surface area contributed by atoms with Crippen molar-refractivity contribution in [1.82, 2.24) is 0 Å². The number of benzene rings is 2. The molecule has 9 nitrogen and oxygen atoms in total. The van der Waals surface area contributed by atoms with Crippen LogP contribution in [0.15, 0.2) is 53.4 Å². The van der Waals surface area contributed by atoms with Gasteiger partial charge in [0.05, 0.1) is 36.4 Å². The van der Waals surface area contributed by atoms with Crippen molar-refractivity contribution in [2.45, 2.75) is 24.0 Å². The summed E-state index contributed by atoms with van der Waals surface area (Å²) in [6, 6.07) is 10.8. The van der Waals surface area contributed by atoms with Gasteiger partial charge in [-0.05, 0) is 30.3 Å². The third-order valence-corrected chi connectivity index (χ3v) is 8.20. The first-order chi connectivity index (χ1) is 14.0. The summed E-state index contributed by atoms with van der Waals surface area (Å²) < 4.78 is 57.8. The molecule has 0 spiro atoms. The third-order valence-electron chi connectivity index (χ3n) is 4.63. The number of sulfone groups is 1. The molecule has 1 amide bonds. The van der Waals surface area contributed by atoms with Gasteiger partial charge in [0.2, 0.25) is 5.91 Å². The number of carbonyl (C=O) groups excluding carboxylic acids is 1. The minimum absolute atomic E-state index is 0.0142. The molecule has 0 aliphatic carbocycles. The number of aliphatic hydroxyl groups is 1. The number of nitrogens with one attached hydrogen (secondary N) is 1. The summed E-state index contributed by atoms with van der Waals surface area (Å²) in [5, 5.41) is 12.9. The van der Waals surface area contributed by atoms with Crippen LogP contribution in [0.25, 0.3) is 0 Å². The second kappa shape index (κ2) is 8.25. The zero-order valence-electron chi connectivity index (χ0n) is 16.3. The van der Waals surface area contributed by atoms with Gasteiger partial charge >= 0.3 is 0 Å². The van der Waals surface area contributed by atoms with E-state index in [2.05, 4.69) is 5.32 Å². The molecule has 1 fully saturated rings. The molecule has 162 valence electrons. The number of carbonyl (C=O) groups is 1. The van der Waals surface area contributed by atoms with E-state index in [1.807, 2.05) is 0 Å². The number of hydrogen-bond donors (Lipinski definition) is 2. The van der Waals surface area contributed by atoms with Crippen LogP contribution in [0.3, 0.4) is 0 Å². The van der Waals surface area contributed by atoms with Crippen molar-refractivity contribution in [3.8, 4) is 5.75 Å². The molecule has 2 atom stereocenters.